The van der Waals surface area contributed by atoms with E-state index in [-0.39, 0.29) is 24.4 Å². The van der Waals surface area contributed by atoms with Crippen molar-refractivity contribution in [3.63, 3.8) is 0 Å². The van der Waals surface area contributed by atoms with Crippen molar-refractivity contribution in [2.75, 3.05) is 6.54 Å². The molecule has 1 unspecified atom stereocenters. The number of carbonyl (C=O) groups excluding carboxylic acids is 1. The maximum atomic E-state index is 11.4. The predicted molar refractivity (Wildman–Crippen MR) is 78.1 cm³/mol. The van der Waals surface area contributed by atoms with Crippen LogP contribution in [0.1, 0.15) is 30.0 Å². The molecule has 0 aliphatic rings. The molecule has 1 aromatic carbocycles. The smallest absolute Gasteiger partial charge is 0.221 e. The van der Waals surface area contributed by atoms with E-state index in [1.165, 1.54) is 16.7 Å². The van der Waals surface area contributed by atoms with Gasteiger partial charge >= 0.3 is 0 Å². The largest absolute Gasteiger partial charge is 0.353 e. The minimum absolute atomic E-state index is 0. The van der Waals surface area contributed by atoms with Crippen LogP contribution < -0.4 is 11.1 Å². The van der Waals surface area contributed by atoms with Crippen LogP contribution in [0.3, 0.4) is 0 Å². The van der Waals surface area contributed by atoms with Crippen molar-refractivity contribution in [3.8, 4) is 0 Å². The molecule has 0 heterocycles. The van der Waals surface area contributed by atoms with Crippen molar-refractivity contribution in [2.24, 2.45) is 5.73 Å². The molecule has 0 saturated heterocycles. The molecule has 4 heteroatoms. The Bertz CT molecular complexity index is 393. The van der Waals surface area contributed by atoms with Gasteiger partial charge in [0.15, 0.2) is 0 Å². The standard InChI is InChI=1S/C14H22N2O.ClH/c1-10-4-5-13(11(2)8-10)9-12(3)16-14(17)6-7-15;/h4-5,8,12H,6-7,9,15H2,1-3H3,(H,16,17);1H. The number of halogens is 1. The molecule has 0 fully saturated rings. The number of hydrogen-bond donors (Lipinski definition) is 2. The zero-order valence-electron chi connectivity index (χ0n) is 11.3. The Balaban J connectivity index is 0.00000289. The van der Waals surface area contributed by atoms with E-state index in [0.29, 0.717) is 13.0 Å². The Morgan fingerprint density at radius 1 is 1.39 bits per heavy atom. The van der Waals surface area contributed by atoms with Crippen LogP contribution in [0.5, 0.6) is 0 Å². The fourth-order valence-corrected chi connectivity index (χ4v) is 1.93. The number of amides is 1. The van der Waals surface area contributed by atoms with Gasteiger partial charge in [-0.3, -0.25) is 4.79 Å². The molecule has 1 atom stereocenters. The van der Waals surface area contributed by atoms with E-state index >= 15 is 0 Å². The number of rotatable bonds is 5. The van der Waals surface area contributed by atoms with Gasteiger partial charge in [0.05, 0.1) is 0 Å². The van der Waals surface area contributed by atoms with Crippen molar-refractivity contribution in [1.82, 2.24) is 5.32 Å². The molecule has 18 heavy (non-hydrogen) atoms. The highest BCUT2D eigenvalue weighted by atomic mass is 35.5. The maximum absolute atomic E-state index is 11.4. The molecule has 102 valence electrons. The highest BCUT2D eigenvalue weighted by Gasteiger charge is 2.08. The van der Waals surface area contributed by atoms with E-state index in [2.05, 4.69) is 37.4 Å². The lowest BCUT2D eigenvalue weighted by molar-refractivity contribution is -0.121. The van der Waals surface area contributed by atoms with Gasteiger partial charge in [-0.15, -0.1) is 12.4 Å². The lowest BCUT2D eigenvalue weighted by Gasteiger charge is -2.15. The summed E-state index contributed by atoms with van der Waals surface area (Å²) in [5, 5.41) is 2.95. The quantitative estimate of drug-likeness (QED) is 0.861. The van der Waals surface area contributed by atoms with Crippen molar-refractivity contribution < 1.29 is 4.79 Å². The minimum Gasteiger partial charge on any atom is -0.353 e. The zero-order chi connectivity index (χ0) is 12.8. The third-order valence-electron chi connectivity index (χ3n) is 2.80. The van der Waals surface area contributed by atoms with Gasteiger partial charge in [-0.2, -0.15) is 0 Å². The molecule has 1 amide bonds. The average Bonchev–Trinajstić information content (AvgIpc) is 2.22. The normalized spacial score (nSPS) is 11.6. The fourth-order valence-electron chi connectivity index (χ4n) is 1.93. The number of nitrogens with two attached hydrogens (primary N) is 1. The summed E-state index contributed by atoms with van der Waals surface area (Å²) in [4.78, 5) is 11.4. The molecule has 0 saturated carbocycles. The van der Waals surface area contributed by atoms with Crippen molar-refractivity contribution in [2.45, 2.75) is 39.7 Å². The molecule has 0 aliphatic heterocycles. The molecular formula is C14H23ClN2O. The topological polar surface area (TPSA) is 55.1 Å². The fraction of sp³-hybridized carbons (Fsp3) is 0.500. The van der Waals surface area contributed by atoms with E-state index in [4.69, 9.17) is 5.73 Å². The summed E-state index contributed by atoms with van der Waals surface area (Å²) in [6.07, 6.45) is 1.26. The van der Waals surface area contributed by atoms with Crippen LogP contribution in [0.4, 0.5) is 0 Å². The average molecular weight is 271 g/mol. The minimum atomic E-state index is 0. The number of carbonyl (C=O) groups is 1. The van der Waals surface area contributed by atoms with Crippen LogP contribution in [0, 0.1) is 13.8 Å². The van der Waals surface area contributed by atoms with Crippen molar-refractivity contribution in [1.29, 1.82) is 0 Å². The summed E-state index contributed by atoms with van der Waals surface area (Å²) in [5.74, 6) is 0.0322. The number of benzene rings is 1. The van der Waals surface area contributed by atoms with Gasteiger partial charge in [0.2, 0.25) is 5.91 Å². The Kier molecular flexibility index (Phi) is 7.64. The molecule has 1 rings (SSSR count). The molecule has 1 aromatic rings. The summed E-state index contributed by atoms with van der Waals surface area (Å²) < 4.78 is 0. The van der Waals surface area contributed by atoms with Crippen molar-refractivity contribution in [3.05, 3.63) is 34.9 Å². The van der Waals surface area contributed by atoms with Gasteiger partial charge in [-0.25, -0.2) is 0 Å². The first-order valence-electron chi connectivity index (χ1n) is 6.08. The van der Waals surface area contributed by atoms with E-state index in [1.54, 1.807) is 0 Å². The summed E-state index contributed by atoms with van der Waals surface area (Å²) in [5.41, 5.74) is 9.18. The lowest BCUT2D eigenvalue weighted by Crippen LogP contribution is -2.35. The summed E-state index contributed by atoms with van der Waals surface area (Å²) in [6, 6.07) is 6.56. The first-order chi connectivity index (χ1) is 8.02. The van der Waals surface area contributed by atoms with Crippen LogP contribution in [0.25, 0.3) is 0 Å². The SMILES string of the molecule is Cc1ccc(CC(C)NC(=O)CCN)c(C)c1.Cl. The van der Waals surface area contributed by atoms with Gasteiger partial charge in [-0.05, 0) is 38.3 Å². The Morgan fingerprint density at radius 2 is 2.06 bits per heavy atom. The van der Waals surface area contributed by atoms with Crippen LogP contribution in [-0.4, -0.2) is 18.5 Å². The number of aryl methyl sites for hydroxylation is 2. The molecule has 0 bridgehead atoms. The van der Waals surface area contributed by atoms with Gasteiger partial charge in [-0.1, -0.05) is 23.8 Å². The van der Waals surface area contributed by atoms with Gasteiger partial charge in [0.1, 0.15) is 0 Å². The maximum Gasteiger partial charge on any atom is 0.221 e. The molecule has 0 aliphatic carbocycles. The second-order valence-corrected chi connectivity index (χ2v) is 4.64. The van der Waals surface area contributed by atoms with E-state index < -0.39 is 0 Å². The highest BCUT2D eigenvalue weighted by molar-refractivity contribution is 5.85. The highest BCUT2D eigenvalue weighted by Crippen LogP contribution is 2.12. The Morgan fingerprint density at radius 3 is 2.61 bits per heavy atom. The zero-order valence-corrected chi connectivity index (χ0v) is 12.1. The molecule has 3 N–H and O–H groups in total. The molecule has 0 radical (unpaired) electrons. The number of nitrogens with one attached hydrogen (secondary N) is 1. The van der Waals surface area contributed by atoms with Crippen LogP contribution in [-0.2, 0) is 11.2 Å². The third kappa shape index (κ3) is 5.52. The molecule has 0 aromatic heterocycles. The number of hydrogen-bond acceptors (Lipinski definition) is 2. The second-order valence-electron chi connectivity index (χ2n) is 4.64. The molecule has 0 spiro atoms. The lowest BCUT2D eigenvalue weighted by atomic mass is 10.00. The Hall–Kier alpha value is -1.06. The summed E-state index contributed by atoms with van der Waals surface area (Å²) >= 11 is 0. The third-order valence-corrected chi connectivity index (χ3v) is 2.80. The van der Waals surface area contributed by atoms with Crippen LogP contribution >= 0.6 is 12.4 Å². The van der Waals surface area contributed by atoms with Gasteiger partial charge in [0.25, 0.3) is 0 Å². The van der Waals surface area contributed by atoms with Gasteiger partial charge in [0, 0.05) is 19.0 Å². The molecule has 3 nitrogen and oxygen atoms in total. The summed E-state index contributed by atoms with van der Waals surface area (Å²) in [6.45, 7) is 6.62. The van der Waals surface area contributed by atoms with Crippen LogP contribution in [0.2, 0.25) is 0 Å². The second kappa shape index (κ2) is 8.11. The van der Waals surface area contributed by atoms with Gasteiger partial charge < -0.3 is 11.1 Å². The monoisotopic (exact) mass is 270 g/mol. The summed E-state index contributed by atoms with van der Waals surface area (Å²) in [7, 11) is 0. The van der Waals surface area contributed by atoms with E-state index in [1.807, 2.05) is 6.92 Å². The molecular weight excluding hydrogens is 248 g/mol. The van der Waals surface area contributed by atoms with E-state index in [0.717, 1.165) is 6.42 Å². The van der Waals surface area contributed by atoms with E-state index in [9.17, 15) is 4.79 Å². The first kappa shape index (κ1) is 16.9. The van der Waals surface area contributed by atoms with Crippen molar-refractivity contribution >= 4 is 18.3 Å². The Labute approximate surface area is 116 Å². The van der Waals surface area contributed by atoms with Crippen LogP contribution in [0.15, 0.2) is 18.2 Å². The first-order valence-corrected chi connectivity index (χ1v) is 6.08. The predicted octanol–water partition coefficient (Wildman–Crippen LogP) is 2.12.